The smallest absolute Gasteiger partial charge is 0.271 e. The minimum absolute atomic E-state index is 0.0841. The third-order valence-corrected chi connectivity index (χ3v) is 5.75. The number of ether oxygens (including phenoxy) is 1. The van der Waals surface area contributed by atoms with Gasteiger partial charge in [-0.2, -0.15) is 5.10 Å². The van der Waals surface area contributed by atoms with Crippen LogP contribution in [0.25, 0.3) is 16.9 Å². The van der Waals surface area contributed by atoms with Gasteiger partial charge in [-0.15, -0.1) is 0 Å². The van der Waals surface area contributed by atoms with E-state index in [1.807, 2.05) is 18.2 Å². The average Bonchev–Trinajstić information content (AvgIpc) is 3.28. The molecular formula is C23H24ClN5O4. The van der Waals surface area contributed by atoms with E-state index in [0.29, 0.717) is 28.5 Å². The van der Waals surface area contributed by atoms with Crippen molar-refractivity contribution in [3.05, 3.63) is 75.4 Å². The highest BCUT2D eigenvalue weighted by molar-refractivity contribution is 6.33. The summed E-state index contributed by atoms with van der Waals surface area (Å²) in [4.78, 5) is 26.1. The summed E-state index contributed by atoms with van der Waals surface area (Å²) >= 11 is 6.34. The lowest BCUT2D eigenvalue weighted by Gasteiger charge is -2.26. The van der Waals surface area contributed by atoms with Crippen LogP contribution >= 0.6 is 11.6 Å². The summed E-state index contributed by atoms with van der Waals surface area (Å²) in [6.07, 6.45) is 0.800. The zero-order valence-electron chi connectivity index (χ0n) is 17.9. The first-order valence-corrected chi connectivity index (χ1v) is 11.1. The molecule has 0 saturated carbocycles. The van der Waals surface area contributed by atoms with Crippen molar-refractivity contribution in [3.8, 4) is 16.9 Å². The Bertz CT molecular complexity index is 1140. The van der Waals surface area contributed by atoms with E-state index in [0.717, 1.165) is 39.3 Å². The fraction of sp³-hybridized carbons (Fsp3) is 0.304. The van der Waals surface area contributed by atoms with Crippen molar-refractivity contribution < 1.29 is 14.5 Å². The summed E-state index contributed by atoms with van der Waals surface area (Å²) in [5.41, 5.74) is 1.78. The number of nitro benzene ring substituents is 1. The monoisotopic (exact) mass is 469 g/mol. The standard InChI is InChI=1S/C23H24ClN5O4/c24-20-8-2-1-7-19(20)21-16-22(23(30)25-9-4-10-27-11-13-33-14-12-27)28(26-21)17-5-3-6-18(15-17)29(31)32/h1-3,5-8,15-16H,4,9-14H2,(H,25,30). The molecule has 4 rings (SSSR count). The second kappa shape index (κ2) is 10.6. The maximum Gasteiger partial charge on any atom is 0.271 e. The summed E-state index contributed by atoms with van der Waals surface area (Å²) in [7, 11) is 0. The predicted octanol–water partition coefficient (Wildman–Crippen LogP) is 3.55. The van der Waals surface area contributed by atoms with Crippen LogP contribution in [0.3, 0.4) is 0 Å². The van der Waals surface area contributed by atoms with Crippen molar-refractivity contribution in [2.24, 2.45) is 0 Å². The predicted molar refractivity (Wildman–Crippen MR) is 125 cm³/mol. The molecule has 2 aromatic carbocycles. The number of nitro groups is 1. The molecule has 0 bridgehead atoms. The van der Waals surface area contributed by atoms with Gasteiger partial charge >= 0.3 is 0 Å². The van der Waals surface area contributed by atoms with Gasteiger partial charge < -0.3 is 10.1 Å². The van der Waals surface area contributed by atoms with E-state index in [4.69, 9.17) is 16.3 Å². The normalized spacial score (nSPS) is 14.2. The first-order valence-electron chi connectivity index (χ1n) is 10.7. The molecule has 1 aromatic heterocycles. The van der Waals surface area contributed by atoms with Gasteiger partial charge in [0.25, 0.3) is 11.6 Å². The van der Waals surface area contributed by atoms with E-state index in [2.05, 4.69) is 15.3 Å². The zero-order valence-corrected chi connectivity index (χ0v) is 18.7. The number of amides is 1. The number of benzene rings is 2. The number of nitrogens with one attached hydrogen (secondary N) is 1. The maximum absolute atomic E-state index is 13.1. The van der Waals surface area contributed by atoms with Crippen LogP contribution in [0.1, 0.15) is 16.9 Å². The van der Waals surface area contributed by atoms with Gasteiger partial charge in [-0.3, -0.25) is 19.8 Å². The number of carbonyl (C=O) groups excluding carboxylic acids is 1. The Morgan fingerprint density at radius 1 is 1.15 bits per heavy atom. The number of aromatic nitrogens is 2. The quantitative estimate of drug-likeness (QED) is 0.307. The second-order valence-electron chi connectivity index (χ2n) is 7.65. The van der Waals surface area contributed by atoms with E-state index in [-0.39, 0.29) is 17.3 Å². The minimum atomic E-state index is -0.479. The molecule has 1 fully saturated rings. The van der Waals surface area contributed by atoms with Gasteiger partial charge in [-0.05, 0) is 31.2 Å². The highest BCUT2D eigenvalue weighted by atomic mass is 35.5. The highest BCUT2D eigenvalue weighted by Crippen LogP contribution is 2.29. The van der Waals surface area contributed by atoms with Crippen molar-refractivity contribution in [1.82, 2.24) is 20.0 Å². The molecule has 9 nitrogen and oxygen atoms in total. The molecule has 0 radical (unpaired) electrons. The molecule has 0 unspecified atom stereocenters. The van der Waals surface area contributed by atoms with Crippen molar-refractivity contribution in [2.45, 2.75) is 6.42 Å². The Balaban J connectivity index is 1.57. The van der Waals surface area contributed by atoms with Crippen LogP contribution < -0.4 is 5.32 Å². The highest BCUT2D eigenvalue weighted by Gasteiger charge is 2.20. The van der Waals surface area contributed by atoms with Crippen LogP contribution in [0.2, 0.25) is 5.02 Å². The third-order valence-electron chi connectivity index (χ3n) is 5.42. The number of rotatable bonds is 8. The summed E-state index contributed by atoms with van der Waals surface area (Å²) in [5.74, 6) is -0.311. The lowest BCUT2D eigenvalue weighted by Crippen LogP contribution is -2.38. The van der Waals surface area contributed by atoms with Gasteiger partial charge in [0, 0.05) is 37.3 Å². The molecule has 3 aromatic rings. The van der Waals surface area contributed by atoms with E-state index in [1.54, 1.807) is 24.3 Å². The van der Waals surface area contributed by atoms with Gasteiger partial charge in [0.15, 0.2) is 0 Å². The fourth-order valence-electron chi connectivity index (χ4n) is 3.70. The summed E-state index contributed by atoms with van der Waals surface area (Å²) in [5, 5.41) is 19.2. The Morgan fingerprint density at radius 3 is 2.70 bits per heavy atom. The minimum Gasteiger partial charge on any atom is -0.379 e. The lowest BCUT2D eigenvalue weighted by atomic mass is 10.1. The van der Waals surface area contributed by atoms with Crippen LogP contribution in [0.5, 0.6) is 0 Å². The van der Waals surface area contributed by atoms with Crippen molar-refractivity contribution in [3.63, 3.8) is 0 Å². The van der Waals surface area contributed by atoms with Gasteiger partial charge in [0.05, 0.1) is 34.5 Å². The van der Waals surface area contributed by atoms with Crippen molar-refractivity contribution >= 4 is 23.2 Å². The number of hydrogen-bond donors (Lipinski definition) is 1. The van der Waals surface area contributed by atoms with E-state index >= 15 is 0 Å². The molecule has 172 valence electrons. The Morgan fingerprint density at radius 2 is 1.94 bits per heavy atom. The molecule has 1 amide bonds. The molecule has 1 aliphatic rings. The topological polar surface area (TPSA) is 103 Å². The Kier molecular flexibility index (Phi) is 7.33. The Labute approximate surface area is 196 Å². The van der Waals surface area contributed by atoms with Gasteiger partial charge in [0.1, 0.15) is 5.69 Å². The van der Waals surface area contributed by atoms with Gasteiger partial charge in [-0.25, -0.2) is 4.68 Å². The van der Waals surface area contributed by atoms with Crippen molar-refractivity contribution in [2.75, 3.05) is 39.4 Å². The van der Waals surface area contributed by atoms with Crippen LogP contribution in [0.4, 0.5) is 5.69 Å². The number of hydrogen-bond acceptors (Lipinski definition) is 6. The number of carbonyl (C=O) groups is 1. The number of morpholine rings is 1. The zero-order chi connectivity index (χ0) is 23.2. The molecule has 0 atom stereocenters. The second-order valence-corrected chi connectivity index (χ2v) is 8.05. The van der Waals surface area contributed by atoms with Crippen molar-refractivity contribution in [1.29, 1.82) is 0 Å². The van der Waals surface area contributed by atoms with Crippen LogP contribution in [0.15, 0.2) is 54.6 Å². The largest absolute Gasteiger partial charge is 0.379 e. The Hall–Kier alpha value is -3.27. The molecule has 2 heterocycles. The molecule has 10 heteroatoms. The number of halogens is 1. The molecular weight excluding hydrogens is 446 g/mol. The maximum atomic E-state index is 13.1. The van der Waals surface area contributed by atoms with Gasteiger partial charge in [0.2, 0.25) is 0 Å². The molecule has 33 heavy (non-hydrogen) atoms. The van der Waals surface area contributed by atoms with E-state index in [1.165, 1.54) is 16.8 Å². The van der Waals surface area contributed by atoms with Crippen LogP contribution in [0, 0.1) is 10.1 Å². The number of non-ortho nitro benzene ring substituents is 1. The lowest BCUT2D eigenvalue weighted by molar-refractivity contribution is -0.384. The molecule has 0 aliphatic carbocycles. The van der Waals surface area contributed by atoms with E-state index in [9.17, 15) is 14.9 Å². The SMILES string of the molecule is O=C(NCCCN1CCOCC1)c1cc(-c2ccccc2Cl)nn1-c1cccc([N+](=O)[O-])c1. The molecule has 0 spiro atoms. The average molecular weight is 470 g/mol. The summed E-state index contributed by atoms with van der Waals surface area (Å²) in [6.45, 7) is 4.64. The summed E-state index contributed by atoms with van der Waals surface area (Å²) < 4.78 is 6.77. The number of nitrogens with zero attached hydrogens (tertiary/aromatic N) is 4. The van der Waals surface area contributed by atoms with Crippen LogP contribution in [-0.4, -0.2) is 64.9 Å². The fourth-order valence-corrected chi connectivity index (χ4v) is 3.93. The molecule has 1 saturated heterocycles. The first-order chi connectivity index (χ1) is 16.0. The first kappa shape index (κ1) is 22.9. The third kappa shape index (κ3) is 5.57. The van der Waals surface area contributed by atoms with Crippen LogP contribution in [-0.2, 0) is 4.74 Å². The van der Waals surface area contributed by atoms with Gasteiger partial charge in [-0.1, -0.05) is 35.9 Å². The summed E-state index contributed by atoms with van der Waals surface area (Å²) in [6, 6.07) is 14.9. The van der Waals surface area contributed by atoms with E-state index < -0.39 is 4.92 Å². The molecule has 1 aliphatic heterocycles. The molecule has 1 N–H and O–H groups in total.